The molecule has 2 aromatic carbocycles. The van der Waals surface area contributed by atoms with Gasteiger partial charge in [-0.15, -0.1) is 0 Å². The molecule has 8 heteroatoms. The van der Waals surface area contributed by atoms with Gasteiger partial charge in [-0.3, -0.25) is 0 Å². The van der Waals surface area contributed by atoms with Gasteiger partial charge in [-0.2, -0.15) is 9.97 Å². The molecular weight excluding hydrogens is 390 g/mol. The molecule has 0 aliphatic carbocycles. The highest BCUT2D eigenvalue weighted by atomic mass is 16.3. The van der Waals surface area contributed by atoms with Gasteiger partial charge in [-0.1, -0.05) is 48.5 Å². The highest BCUT2D eigenvalue weighted by Crippen LogP contribution is 2.25. The van der Waals surface area contributed by atoms with E-state index in [-0.39, 0.29) is 11.8 Å². The van der Waals surface area contributed by atoms with Gasteiger partial charge in [0.25, 0.3) is 0 Å². The summed E-state index contributed by atoms with van der Waals surface area (Å²) in [5, 5.41) is 16.9. The maximum absolute atomic E-state index is 10.3. The molecule has 1 unspecified atom stereocenters. The summed E-state index contributed by atoms with van der Waals surface area (Å²) in [4.78, 5) is 13.9. The van der Waals surface area contributed by atoms with E-state index in [0.29, 0.717) is 36.9 Å². The Morgan fingerprint density at radius 1 is 1.06 bits per heavy atom. The summed E-state index contributed by atoms with van der Waals surface area (Å²) in [5.74, 6) is 1.37. The van der Waals surface area contributed by atoms with Crippen LogP contribution >= 0.6 is 0 Å². The standard InChI is InChI=1S/C23H27N7O/c1-15-7-6-10-18(20(15)31)12-25-21-19-22(29-23(28-21)26-11-16(2)24)30(14-27-19)13-17-8-4-3-5-9-17/h3-10,14,16,31H,11-13,24H2,1-2H3,(H2,25,26,28,29). The number of hydrogen-bond acceptors (Lipinski definition) is 7. The zero-order valence-corrected chi connectivity index (χ0v) is 17.7. The van der Waals surface area contributed by atoms with Gasteiger partial charge >= 0.3 is 0 Å². The van der Waals surface area contributed by atoms with Gasteiger partial charge in [-0.05, 0) is 25.0 Å². The van der Waals surface area contributed by atoms with Gasteiger partial charge in [0.2, 0.25) is 5.95 Å². The van der Waals surface area contributed by atoms with Gasteiger partial charge < -0.3 is 26.0 Å². The molecule has 0 amide bonds. The molecule has 160 valence electrons. The SMILES string of the molecule is Cc1cccc(CNc2nc(NCC(C)N)nc3c2ncn3Cc2ccccc2)c1O. The molecule has 0 fully saturated rings. The molecule has 5 N–H and O–H groups in total. The summed E-state index contributed by atoms with van der Waals surface area (Å²) in [5.41, 5.74) is 10.1. The zero-order chi connectivity index (χ0) is 21.8. The van der Waals surface area contributed by atoms with E-state index < -0.39 is 0 Å². The van der Waals surface area contributed by atoms with E-state index in [4.69, 9.17) is 5.73 Å². The fourth-order valence-corrected chi connectivity index (χ4v) is 3.34. The third-order valence-corrected chi connectivity index (χ3v) is 5.01. The maximum Gasteiger partial charge on any atom is 0.226 e. The quantitative estimate of drug-likeness (QED) is 0.348. The highest BCUT2D eigenvalue weighted by molar-refractivity contribution is 5.84. The monoisotopic (exact) mass is 417 g/mol. The average molecular weight is 418 g/mol. The summed E-state index contributed by atoms with van der Waals surface area (Å²) in [7, 11) is 0. The number of para-hydroxylation sites is 1. The first-order valence-electron chi connectivity index (χ1n) is 10.3. The lowest BCUT2D eigenvalue weighted by Crippen LogP contribution is -2.26. The second kappa shape index (κ2) is 9.01. The third kappa shape index (κ3) is 4.75. The second-order valence-electron chi connectivity index (χ2n) is 7.72. The highest BCUT2D eigenvalue weighted by Gasteiger charge is 2.15. The number of hydrogen-bond donors (Lipinski definition) is 4. The van der Waals surface area contributed by atoms with Crippen LogP contribution in [0.5, 0.6) is 5.75 Å². The van der Waals surface area contributed by atoms with Crippen molar-refractivity contribution in [1.82, 2.24) is 19.5 Å². The van der Waals surface area contributed by atoms with Crippen LogP contribution in [0.15, 0.2) is 54.9 Å². The molecule has 0 aliphatic rings. The fraction of sp³-hybridized carbons (Fsp3) is 0.261. The number of aromatic nitrogens is 4. The van der Waals surface area contributed by atoms with E-state index in [0.717, 1.165) is 22.3 Å². The number of aromatic hydroxyl groups is 1. The van der Waals surface area contributed by atoms with Crippen molar-refractivity contribution in [3.05, 3.63) is 71.5 Å². The van der Waals surface area contributed by atoms with Crippen molar-refractivity contribution in [3.63, 3.8) is 0 Å². The Bertz CT molecular complexity index is 1170. The summed E-state index contributed by atoms with van der Waals surface area (Å²) in [6.07, 6.45) is 1.77. The largest absolute Gasteiger partial charge is 0.507 e. The number of aryl methyl sites for hydroxylation is 1. The number of imidazole rings is 1. The topological polar surface area (TPSA) is 114 Å². The van der Waals surface area contributed by atoms with Gasteiger partial charge in [-0.25, -0.2) is 4.98 Å². The summed E-state index contributed by atoms with van der Waals surface area (Å²) < 4.78 is 2.00. The Kier molecular flexibility index (Phi) is 5.99. The van der Waals surface area contributed by atoms with Crippen LogP contribution in [-0.2, 0) is 13.1 Å². The lowest BCUT2D eigenvalue weighted by atomic mass is 10.1. The number of phenols is 1. The van der Waals surface area contributed by atoms with Gasteiger partial charge in [0.05, 0.1) is 12.9 Å². The minimum absolute atomic E-state index is 0.0332. The molecule has 8 nitrogen and oxygen atoms in total. The first-order valence-corrected chi connectivity index (χ1v) is 10.3. The third-order valence-electron chi connectivity index (χ3n) is 5.01. The Morgan fingerprint density at radius 2 is 1.87 bits per heavy atom. The molecule has 0 spiro atoms. The molecule has 0 aliphatic heterocycles. The molecule has 31 heavy (non-hydrogen) atoms. The van der Waals surface area contributed by atoms with Crippen LogP contribution in [0.1, 0.15) is 23.6 Å². The van der Waals surface area contributed by atoms with Crippen molar-refractivity contribution in [3.8, 4) is 5.75 Å². The van der Waals surface area contributed by atoms with Crippen LogP contribution in [0, 0.1) is 6.92 Å². The molecule has 0 radical (unpaired) electrons. The number of rotatable bonds is 8. The summed E-state index contributed by atoms with van der Waals surface area (Å²) in [6.45, 7) is 5.42. The van der Waals surface area contributed by atoms with E-state index in [1.54, 1.807) is 6.33 Å². The molecule has 0 saturated carbocycles. The molecule has 1 atom stereocenters. The van der Waals surface area contributed by atoms with Crippen molar-refractivity contribution < 1.29 is 5.11 Å². The Labute approximate surface area is 181 Å². The van der Waals surface area contributed by atoms with Crippen molar-refractivity contribution in [1.29, 1.82) is 0 Å². The van der Waals surface area contributed by atoms with Crippen LogP contribution in [0.3, 0.4) is 0 Å². The van der Waals surface area contributed by atoms with E-state index >= 15 is 0 Å². The van der Waals surface area contributed by atoms with Crippen LogP contribution < -0.4 is 16.4 Å². The zero-order valence-electron chi connectivity index (χ0n) is 17.7. The lowest BCUT2D eigenvalue weighted by molar-refractivity contribution is 0.465. The number of fused-ring (bicyclic) bond motifs is 1. The Hall–Kier alpha value is -3.65. The number of nitrogens with one attached hydrogen (secondary N) is 2. The number of nitrogens with two attached hydrogens (primary N) is 1. The number of benzene rings is 2. The molecule has 4 aromatic rings. The first kappa shape index (κ1) is 20.6. The van der Waals surface area contributed by atoms with Crippen molar-refractivity contribution in [2.75, 3.05) is 17.2 Å². The number of nitrogens with zero attached hydrogens (tertiary/aromatic N) is 4. The van der Waals surface area contributed by atoms with Crippen LogP contribution in [0.4, 0.5) is 11.8 Å². The van der Waals surface area contributed by atoms with Crippen LogP contribution in [0.2, 0.25) is 0 Å². The predicted octanol–water partition coefficient (Wildman–Crippen LogP) is 3.26. The minimum Gasteiger partial charge on any atom is -0.507 e. The Morgan fingerprint density at radius 3 is 2.65 bits per heavy atom. The smallest absolute Gasteiger partial charge is 0.226 e. The molecular formula is C23H27N7O. The molecule has 2 aromatic heterocycles. The first-order chi connectivity index (χ1) is 15.0. The summed E-state index contributed by atoms with van der Waals surface area (Å²) >= 11 is 0. The maximum atomic E-state index is 10.3. The molecule has 0 saturated heterocycles. The van der Waals surface area contributed by atoms with Crippen molar-refractivity contribution >= 4 is 22.9 Å². The van der Waals surface area contributed by atoms with E-state index in [1.807, 2.05) is 54.8 Å². The number of phenolic OH excluding ortho intramolecular Hbond substituents is 1. The second-order valence-corrected chi connectivity index (χ2v) is 7.72. The average Bonchev–Trinajstić information content (AvgIpc) is 3.16. The molecule has 4 rings (SSSR count). The van der Waals surface area contributed by atoms with Crippen LogP contribution in [0.25, 0.3) is 11.2 Å². The molecule has 2 heterocycles. The summed E-state index contributed by atoms with van der Waals surface area (Å²) in [6, 6.07) is 15.8. The Balaban J connectivity index is 1.67. The van der Waals surface area contributed by atoms with E-state index in [2.05, 4.69) is 37.7 Å². The number of anilines is 2. The van der Waals surface area contributed by atoms with Crippen molar-refractivity contribution in [2.24, 2.45) is 5.73 Å². The fourth-order valence-electron chi connectivity index (χ4n) is 3.34. The van der Waals surface area contributed by atoms with Gasteiger partial charge in [0.15, 0.2) is 17.0 Å². The molecule has 0 bridgehead atoms. The van der Waals surface area contributed by atoms with Gasteiger partial charge in [0.1, 0.15) is 5.75 Å². The van der Waals surface area contributed by atoms with E-state index in [1.165, 1.54) is 0 Å². The lowest BCUT2D eigenvalue weighted by Gasteiger charge is -2.13. The van der Waals surface area contributed by atoms with Crippen molar-refractivity contribution in [2.45, 2.75) is 33.0 Å². The van der Waals surface area contributed by atoms with Gasteiger partial charge in [0, 0.05) is 24.7 Å². The minimum atomic E-state index is -0.0332. The van der Waals surface area contributed by atoms with E-state index in [9.17, 15) is 5.11 Å². The van der Waals surface area contributed by atoms with Crippen LogP contribution in [-0.4, -0.2) is 37.2 Å². The normalized spacial score (nSPS) is 12.1. The predicted molar refractivity (Wildman–Crippen MR) is 123 cm³/mol.